The predicted octanol–water partition coefficient (Wildman–Crippen LogP) is 2.70. The lowest BCUT2D eigenvalue weighted by molar-refractivity contribution is -0.127. The maximum Gasteiger partial charge on any atom is 0.255 e. The van der Waals surface area contributed by atoms with Crippen LogP contribution in [0.25, 0.3) is 5.52 Å². The molecule has 2 aromatic heterocycles. The second-order valence-electron chi connectivity index (χ2n) is 9.28. The van der Waals surface area contributed by atoms with E-state index in [2.05, 4.69) is 32.2 Å². The van der Waals surface area contributed by atoms with Crippen LogP contribution in [0.15, 0.2) is 30.6 Å². The van der Waals surface area contributed by atoms with Gasteiger partial charge in [-0.1, -0.05) is 13.8 Å². The summed E-state index contributed by atoms with van der Waals surface area (Å²) in [6, 6.07) is 6.23. The van der Waals surface area contributed by atoms with Gasteiger partial charge in [-0.25, -0.2) is 0 Å². The molecule has 4 heterocycles. The molecule has 2 amide bonds. The summed E-state index contributed by atoms with van der Waals surface area (Å²) >= 11 is 0. The Morgan fingerprint density at radius 1 is 1.17 bits per heavy atom. The molecule has 2 saturated heterocycles. The van der Waals surface area contributed by atoms with E-state index in [4.69, 9.17) is 0 Å². The van der Waals surface area contributed by atoms with Gasteiger partial charge in [0.25, 0.3) is 5.91 Å². The smallest absolute Gasteiger partial charge is 0.255 e. The molecule has 4 atom stereocenters. The first kappa shape index (κ1) is 20.0. The highest BCUT2D eigenvalue weighted by atomic mass is 16.2. The van der Waals surface area contributed by atoms with Crippen LogP contribution in [-0.4, -0.2) is 64.3 Å². The summed E-state index contributed by atoms with van der Waals surface area (Å²) in [6.45, 7) is 6.20. The molecule has 2 fully saturated rings. The number of hydrogen-bond acceptors (Lipinski definition) is 3. The van der Waals surface area contributed by atoms with Gasteiger partial charge in [0.15, 0.2) is 0 Å². The van der Waals surface area contributed by atoms with E-state index in [0.29, 0.717) is 5.56 Å². The summed E-state index contributed by atoms with van der Waals surface area (Å²) < 4.78 is 2.02. The fourth-order valence-electron chi connectivity index (χ4n) is 5.39. The van der Waals surface area contributed by atoms with Crippen molar-refractivity contribution in [1.82, 2.24) is 19.5 Å². The van der Waals surface area contributed by atoms with E-state index in [0.717, 1.165) is 24.8 Å². The van der Waals surface area contributed by atoms with E-state index in [1.165, 1.54) is 5.56 Å². The van der Waals surface area contributed by atoms with Gasteiger partial charge in [0.1, 0.15) is 0 Å². The minimum Gasteiger partial charge on any atom is -0.350 e. The van der Waals surface area contributed by atoms with E-state index in [9.17, 15) is 9.59 Å². The molecule has 6 heteroatoms. The molecule has 0 unspecified atom stereocenters. The zero-order chi connectivity index (χ0) is 20.9. The van der Waals surface area contributed by atoms with Crippen LogP contribution in [0.3, 0.4) is 0 Å². The highest BCUT2D eigenvalue weighted by Gasteiger charge is 2.49. The third-order valence-corrected chi connectivity index (χ3v) is 6.53. The van der Waals surface area contributed by atoms with Gasteiger partial charge in [-0.3, -0.25) is 14.5 Å². The van der Waals surface area contributed by atoms with Gasteiger partial charge in [0.2, 0.25) is 5.91 Å². The highest BCUT2D eigenvalue weighted by molar-refractivity contribution is 5.95. The molecule has 0 radical (unpaired) electrons. The summed E-state index contributed by atoms with van der Waals surface area (Å²) in [7, 11) is 3.89. The third-order valence-electron chi connectivity index (χ3n) is 6.53. The van der Waals surface area contributed by atoms with Crippen LogP contribution >= 0.6 is 0 Å². The highest BCUT2D eigenvalue weighted by Crippen LogP contribution is 2.39. The zero-order valence-corrected chi connectivity index (χ0v) is 18.1. The van der Waals surface area contributed by atoms with Crippen LogP contribution in [0.1, 0.15) is 49.0 Å². The number of pyridine rings is 1. The molecule has 4 rings (SSSR count). The van der Waals surface area contributed by atoms with Gasteiger partial charge in [-0.2, -0.15) is 0 Å². The lowest BCUT2D eigenvalue weighted by atomic mass is 9.94. The monoisotopic (exact) mass is 396 g/mol. The SMILES string of the molecule is Cc1cc2ccc(C(=O)N3[C@@H]4CC[C@H]3[C@H](NC(=O)[C@@H](C(C)C)N(C)C)C4)cn2c1. The van der Waals surface area contributed by atoms with Crippen molar-refractivity contribution in [3.8, 4) is 0 Å². The van der Waals surface area contributed by atoms with Gasteiger partial charge in [-0.05, 0) is 70.0 Å². The van der Waals surface area contributed by atoms with Crippen molar-refractivity contribution in [3.63, 3.8) is 0 Å². The number of amides is 2. The first-order valence-corrected chi connectivity index (χ1v) is 10.6. The molecule has 2 aromatic rings. The van der Waals surface area contributed by atoms with Crippen LogP contribution in [0, 0.1) is 12.8 Å². The normalized spacial score (nSPS) is 24.7. The van der Waals surface area contributed by atoms with Gasteiger partial charge >= 0.3 is 0 Å². The first-order valence-electron chi connectivity index (χ1n) is 10.6. The van der Waals surface area contributed by atoms with E-state index >= 15 is 0 Å². The van der Waals surface area contributed by atoms with E-state index in [-0.39, 0.29) is 41.9 Å². The molecule has 2 aliphatic heterocycles. The number of hydrogen-bond donors (Lipinski definition) is 1. The average molecular weight is 397 g/mol. The van der Waals surface area contributed by atoms with Crippen LogP contribution in [-0.2, 0) is 4.79 Å². The summed E-state index contributed by atoms with van der Waals surface area (Å²) in [5.41, 5.74) is 2.99. The zero-order valence-electron chi connectivity index (χ0n) is 18.1. The van der Waals surface area contributed by atoms with E-state index in [1.54, 1.807) is 0 Å². The number of aryl methyl sites for hydroxylation is 1. The molecule has 0 aliphatic carbocycles. The van der Waals surface area contributed by atoms with E-state index < -0.39 is 0 Å². The van der Waals surface area contributed by atoms with Gasteiger partial charge < -0.3 is 14.6 Å². The summed E-state index contributed by atoms with van der Waals surface area (Å²) in [5, 5.41) is 3.26. The largest absolute Gasteiger partial charge is 0.350 e. The molecule has 1 N–H and O–H groups in total. The number of likely N-dealkylation sites (N-methyl/N-ethyl adjacent to an activating group) is 1. The van der Waals surface area contributed by atoms with Crippen LogP contribution in [0.2, 0.25) is 0 Å². The van der Waals surface area contributed by atoms with Gasteiger partial charge in [0, 0.05) is 24.0 Å². The number of carbonyl (C=O) groups is 2. The molecule has 0 spiro atoms. The lowest BCUT2D eigenvalue weighted by Crippen LogP contribution is -2.53. The minimum atomic E-state index is -0.155. The Labute approximate surface area is 172 Å². The molecule has 2 aliphatic rings. The fraction of sp³-hybridized carbons (Fsp3) is 0.565. The molecular weight excluding hydrogens is 364 g/mol. The third kappa shape index (κ3) is 3.54. The molecule has 0 aromatic carbocycles. The van der Waals surface area contributed by atoms with E-state index in [1.807, 2.05) is 52.8 Å². The minimum absolute atomic E-state index is 0.0453. The van der Waals surface area contributed by atoms with Crippen molar-refractivity contribution >= 4 is 17.3 Å². The molecular formula is C23H32N4O2. The Balaban J connectivity index is 1.51. The Kier molecular flexibility index (Phi) is 5.15. The van der Waals surface area contributed by atoms with Crippen molar-refractivity contribution in [2.45, 2.75) is 64.2 Å². The van der Waals surface area contributed by atoms with Crippen molar-refractivity contribution in [3.05, 3.63) is 41.7 Å². The topological polar surface area (TPSA) is 57.1 Å². The fourth-order valence-corrected chi connectivity index (χ4v) is 5.39. The Morgan fingerprint density at radius 3 is 2.62 bits per heavy atom. The maximum atomic E-state index is 13.3. The Morgan fingerprint density at radius 2 is 1.93 bits per heavy atom. The molecule has 0 saturated carbocycles. The predicted molar refractivity (Wildman–Crippen MR) is 114 cm³/mol. The number of nitrogens with zero attached hydrogens (tertiary/aromatic N) is 3. The molecule has 6 nitrogen and oxygen atoms in total. The van der Waals surface area contributed by atoms with Crippen LogP contribution < -0.4 is 5.32 Å². The van der Waals surface area contributed by atoms with Crippen molar-refractivity contribution < 1.29 is 9.59 Å². The summed E-state index contributed by atoms with van der Waals surface area (Å²) in [6.07, 6.45) is 6.80. The number of aromatic nitrogens is 1. The van der Waals surface area contributed by atoms with Crippen molar-refractivity contribution in [1.29, 1.82) is 0 Å². The lowest BCUT2D eigenvalue weighted by Gasteiger charge is -2.30. The average Bonchev–Trinajstić information content (AvgIpc) is 3.30. The number of nitrogens with one attached hydrogen (secondary N) is 1. The first-order chi connectivity index (χ1) is 13.8. The summed E-state index contributed by atoms with van der Waals surface area (Å²) in [4.78, 5) is 30.2. The second-order valence-corrected chi connectivity index (χ2v) is 9.28. The van der Waals surface area contributed by atoms with Crippen LogP contribution in [0.5, 0.6) is 0 Å². The number of fused-ring (bicyclic) bond motifs is 3. The number of rotatable bonds is 5. The number of carbonyl (C=O) groups excluding carboxylic acids is 2. The summed E-state index contributed by atoms with van der Waals surface area (Å²) in [5.74, 6) is 0.382. The van der Waals surface area contributed by atoms with Gasteiger partial charge in [0.05, 0.1) is 23.7 Å². The van der Waals surface area contributed by atoms with Crippen molar-refractivity contribution in [2.75, 3.05) is 14.1 Å². The molecule has 156 valence electrons. The van der Waals surface area contributed by atoms with Crippen molar-refractivity contribution in [2.24, 2.45) is 5.92 Å². The Hall–Kier alpha value is -2.34. The van der Waals surface area contributed by atoms with Gasteiger partial charge in [-0.15, -0.1) is 0 Å². The molecule has 29 heavy (non-hydrogen) atoms. The van der Waals surface area contributed by atoms with Crippen LogP contribution in [0.4, 0.5) is 0 Å². The second kappa shape index (κ2) is 7.48. The standard InChI is InChI=1S/C23H32N4O2/c1-14(2)21(25(4)5)22(28)24-19-11-18-8-9-20(19)27(18)23(29)16-6-7-17-10-15(3)12-26(17)13-16/h6-7,10,12-14,18-21H,8-9,11H2,1-5H3,(H,24,28)/t18-,19-,20+,21-/m1/s1. The maximum absolute atomic E-state index is 13.3. The Bertz CT molecular complexity index is 924. The quantitative estimate of drug-likeness (QED) is 0.845. The molecule has 2 bridgehead atoms.